The molecule has 0 bridgehead atoms. The number of fused-ring (bicyclic) bond motifs is 1. The van der Waals surface area contributed by atoms with Crippen LogP contribution in [0.5, 0.6) is 0 Å². The Labute approximate surface area is 114 Å². The summed E-state index contributed by atoms with van der Waals surface area (Å²) in [6.07, 6.45) is 3.99. The molecule has 3 aromatic rings. The second-order valence-corrected chi connectivity index (χ2v) is 3.99. The van der Waals surface area contributed by atoms with Gasteiger partial charge in [-0.05, 0) is 5.56 Å². The van der Waals surface area contributed by atoms with Gasteiger partial charge in [-0.2, -0.15) is 5.10 Å². The predicted molar refractivity (Wildman–Crippen MR) is 71.0 cm³/mol. The maximum absolute atomic E-state index is 11.7. The molecule has 0 aliphatic carbocycles. The van der Waals surface area contributed by atoms with Crippen molar-refractivity contribution in [2.45, 2.75) is 6.61 Å². The van der Waals surface area contributed by atoms with Crippen LogP contribution < -0.4 is 5.32 Å². The summed E-state index contributed by atoms with van der Waals surface area (Å²) in [6, 6.07) is 9.43. The third kappa shape index (κ3) is 2.56. The maximum atomic E-state index is 11.7. The van der Waals surface area contributed by atoms with Crippen molar-refractivity contribution in [3.05, 3.63) is 54.6 Å². The smallest absolute Gasteiger partial charge is 0.413 e. The van der Waals surface area contributed by atoms with Crippen molar-refractivity contribution >= 4 is 17.6 Å². The highest BCUT2D eigenvalue weighted by molar-refractivity contribution is 5.87. The Hall–Kier alpha value is -2.96. The van der Waals surface area contributed by atoms with Crippen LogP contribution in [0.15, 0.2) is 49.1 Å². The Morgan fingerprint density at radius 3 is 2.95 bits per heavy atom. The number of aromatic nitrogens is 4. The summed E-state index contributed by atoms with van der Waals surface area (Å²) >= 11 is 0. The van der Waals surface area contributed by atoms with E-state index >= 15 is 0 Å². The molecule has 0 saturated carbocycles. The summed E-state index contributed by atoms with van der Waals surface area (Å²) in [7, 11) is 0. The number of ether oxygens (including phenoxy) is 1. The summed E-state index contributed by atoms with van der Waals surface area (Å²) in [4.78, 5) is 19.7. The zero-order chi connectivity index (χ0) is 13.8. The molecular weight excluding hydrogens is 258 g/mol. The van der Waals surface area contributed by atoms with E-state index in [0.29, 0.717) is 11.5 Å². The molecule has 20 heavy (non-hydrogen) atoms. The van der Waals surface area contributed by atoms with Crippen molar-refractivity contribution in [2.24, 2.45) is 0 Å². The van der Waals surface area contributed by atoms with E-state index in [2.05, 4.69) is 20.4 Å². The Bertz CT molecular complexity index is 726. The van der Waals surface area contributed by atoms with Crippen LogP contribution in [0.1, 0.15) is 5.56 Å². The minimum Gasteiger partial charge on any atom is -0.444 e. The average molecular weight is 269 g/mol. The molecule has 7 nitrogen and oxygen atoms in total. The lowest BCUT2D eigenvalue weighted by Gasteiger charge is -2.06. The lowest BCUT2D eigenvalue weighted by Crippen LogP contribution is -2.15. The van der Waals surface area contributed by atoms with Crippen LogP contribution >= 0.6 is 0 Å². The molecule has 0 fully saturated rings. The first-order valence-corrected chi connectivity index (χ1v) is 5.95. The van der Waals surface area contributed by atoms with Crippen LogP contribution in [0, 0.1) is 0 Å². The first-order valence-electron chi connectivity index (χ1n) is 5.95. The first-order chi connectivity index (χ1) is 9.83. The number of amides is 1. The molecule has 0 spiro atoms. The number of imidazole rings is 1. The van der Waals surface area contributed by atoms with Crippen molar-refractivity contribution in [2.75, 3.05) is 5.32 Å². The molecule has 2 heterocycles. The Balaban J connectivity index is 1.66. The van der Waals surface area contributed by atoms with Gasteiger partial charge in [0.2, 0.25) is 0 Å². The van der Waals surface area contributed by atoms with Crippen molar-refractivity contribution < 1.29 is 9.53 Å². The van der Waals surface area contributed by atoms with Gasteiger partial charge in [-0.15, -0.1) is 0 Å². The molecule has 1 amide bonds. The predicted octanol–water partition coefficient (Wildman–Crippen LogP) is 1.87. The molecule has 0 aliphatic heterocycles. The zero-order valence-electron chi connectivity index (χ0n) is 10.4. The molecule has 1 aromatic carbocycles. The van der Waals surface area contributed by atoms with Gasteiger partial charge >= 0.3 is 6.09 Å². The van der Waals surface area contributed by atoms with E-state index < -0.39 is 6.09 Å². The lowest BCUT2D eigenvalue weighted by molar-refractivity contribution is 0.155. The van der Waals surface area contributed by atoms with Gasteiger partial charge in [0, 0.05) is 12.4 Å². The lowest BCUT2D eigenvalue weighted by atomic mass is 10.2. The van der Waals surface area contributed by atoms with Crippen molar-refractivity contribution in [1.29, 1.82) is 0 Å². The molecule has 100 valence electrons. The van der Waals surface area contributed by atoms with Crippen LogP contribution in [0.3, 0.4) is 0 Å². The molecule has 1 N–H and O–H groups in total. The van der Waals surface area contributed by atoms with Crippen LogP contribution in [0.2, 0.25) is 0 Å². The third-order valence-electron chi connectivity index (χ3n) is 2.63. The van der Waals surface area contributed by atoms with Gasteiger partial charge in [-0.25, -0.2) is 19.3 Å². The van der Waals surface area contributed by atoms with E-state index in [9.17, 15) is 4.79 Å². The van der Waals surface area contributed by atoms with Gasteiger partial charge in [0.25, 0.3) is 0 Å². The van der Waals surface area contributed by atoms with Crippen molar-refractivity contribution in [3.63, 3.8) is 0 Å². The number of rotatable bonds is 3. The Morgan fingerprint density at radius 1 is 1.25 bits per heavy atom. The third-order valence-corrected chi connectivity index (χ3v) is 2.63. The monoisotopic (exact) mass is 269 g/mol. The average Bonchev–Trinajstić information content (AvgIpc) is 2.96. The first kappa shape index (κ1) is 12.1. The second kappa shape index (κ2) is 5.35. The van der Waals surface area contributed by atoms with E-state index in [4.69, 9.17) is 4.74 Å². The highest BCUT2D eigenvalue weighted by Gasteiger charge is 2.09. The van der Waals surface area contributed by atoms with E-state index in [0.717, 1.165) is 5.56 Å². The largest absolute Gasteiger partial charge is 0.444 e. The van der Waals surface area contributed by atoms with Crippen LogP contribution in [-0.4, -0.2) is 25.7 Å². The SMILES string of the molecule is O=C(Nc1ncnn2ccnc12)OCc1ccccc1. The number of nitrogens with one attached hydrogen (secondary N) is 1. The number of hydrogen-bond acceptors (Lipinski definition) is 5. The molecule has 0 atom stereocenters. The topological polar surface area (TPSA) is 81.4 Å². The summed E-state index contributed by atoms with van der Waals surface area (Å²) in [5, 5.41) is 6.50. The van der Waals surface area contributed by atoms with Gasteiger partial charge in [0.05, 0.1) is 0 Å². The van der Waals surface area contributed by atoms with Crippen LogP contribution in [0.25, 0.3) is 5.65 Å². The normalized spacial score (nSPS) is 10.4. The number of carbonyl (C=O) groups excluding carboxylic acids is 1. The molecule has 0 unspecified atom stereocenters. The van der Waals surface area contributed by atoms with E-state index in [1.165, 1.54) is 10.8 Å². The molecule has 3 rings (SSSR count). The van der Waals surface area contributed by atoms with Crippen LogP contribution in [0.4, 0.5) is 10.6 Å². The van der Waals surface area contributed by atoms with Crippen molar-refractivity contribution in [3.8, 4) is 0 Å². The second-order valence-electron chi connectivity index (χ2n) is 3.99. The summed E-state index contributed by atoms with van der Waals surface area (Å²) < 4.78 is 6.62. The van der Waals surface area contributed by atoms with Gasteiger partial charge in [-0.1, -0.05) is 30.3 Å². The fourth-order valence-electron chi connectivity index (χ4n) is 1.70. The van der Waals surface area contributed by atoms with E-state index in [1.807, 2.05) is 30.3 Å². The summed E-state index contributed by atoms with van der Waals surface area (Å²) in [5.74, 6) is 0.308. The molecule has 2 aromatic heterocycles. The van der Waals surface area contributed by atoms with E-state index in [-0.39, 0.29) is 6.61 Å². The molecule has 0 radical (unpaired) electrons. The van der Waals surface area contributed by atoms with Crippen LogP contribution in [-0.2, 0) is 11.3 Å². The summed E-state index contributed by atoms with van der Waals surface area (Å²) in [5.41, 5.74) is 1.38. The quantitative estimate of drug-likeness (QED) is 0.785. The fourth-order valence-corrected chi connectivity index (χ4v) is 1.70. The van der Waals surface area contributed by atoms with Gasteiger partial charge < -0.3 is 4.74 Å². The Morgan fingerprint density at radius 2 is 2.10 bits per heavy atom. The number of anilines is 1. The van der Waals surface area contributed by atoms with Gasteiger partial charge in [-0.3, -0.25) is 5.32 Å². The molecule has 0 aliphatic rings. The number of nitrogens with zero attached hydrogens (tertiary/aromatic N) is 4. The highest BCUT2D eigenvalue weighted by Crippen LogP contribution is 2.10. The molecule has 0 saturated heterocycles. The highest BCUT2D eigenvalue weighted by atomic mass is 16.5. The van der Waals surface area contributed by atoms with E-state index in [1.54, 1.807) is 12.4 Å². The molecule has 7 heteroatoms. The van der Waals surface area contributed by atoms with Gasteiger partial charge in [0.15, 0.2) is 11.5 Å². The number of benzene rings is 1. The number of carbonyl (C=O) groups is 1. The minimum atomic E-state index is -0.586. The zero-order valence-corrected chi connectivity index (χ0v) is 10.4. The maximum Gasteiger partial charge on any atom is 0.413 e. The fraction of sp³-hybridized carbons (Fsp3) is 0.0769. The minimum absolute atomic E-state index is 0.197. The summed E-state index contributed by atoms with van der Waals surface area (Å²) in [6.45, 7) is 0.197. The van der Waals surface area contributed by atoms with Gasteiger partial charge in [0.1, 0.15) is 12.9 Å². The number of hydrogen-bond donors (Lipinski definition) is 1. The Kier molecular flexibility index (Phi) is 3.24. The molecular formula is C13H11N5O2. The van der Waals surface area contributed by atoms with Crippen molar-refractivity contribution in [1.82, 2.24) is 19.6 Å². The standard InChI is InChI=1S/C13H11N5O2/c19-13(20-8-10-4-2-1-3-5-10)17-11-12-14-6-7-18(12)16-9-15-11/h1-7,9H,8H2,(H,15,16,17,19).